The summed E-state index contributed by atoms with van der Waals surface area (Å²) in [7, 11) is 1.67. The number of imidazole rings is 1. The Bertz CT molecular complexity index is 559. The maximum absolute atomic E-state index is 5.34. The number of ether oxygens (including phenoxy) is 1. The molecule has 0 fully saturated rings. The number of benzene rings is 1. The van der Waals surface area contributed by atoms with E-state index in [2.05, 4.69) is 21.9 Å². The van der Waals surface area contributed by atoms with E-state index in [-0.39, 0.29) is 0 Å². The molecule has 2 aromatic rings. The summed E-state index contributed by atoms with van der Waals surface area (Å²) < 4.78 is 8.14. The summed E-state index contributed by atoms with van der Waals surface area (Å²) in [5.41, 5.74) is 2.19. The number of thioether (sulfide) groups is 1. The molecule has 0 aliphatic carbocycles. The molecule has 0 radical (unpaired) electrons. The molecule has 0 saturated heterocycles. The Morgan fingerprint density at radius 2 is 2.29 bits per heavy atom. The zero-order chi connectivity index (χ0) is 12.3. The van der Waals surface area contributed by atoms with Crippen LogP contribution in [0, 0.1) is 4.77 Å². The maximum atomic E-state index is 5.34. The van der Waals surface area contributed by atoms with E-state index in [4.69, 9.17) is 17.0 Å². The normalized spacial score (nSPS) is 10.9. The summed E-state index contributed by atoms with van der Waals surface area (Å²) in [6, 6.07) is 6.01. The zero-order valence-electron chi connectivity index (χ0n) is 10.0. The standard InChI is InChI=1S/C12H16N2OS2/c1-15-9-4-5-11-10(8-9)13-12(16)14(11)6-3-7-17-2/h4-5,8H,3,6-7H2,1-2H3,(H,13,16). The van der Waals surface area contributed by atoms with Gasteiger partial charge in [-0.1, -0.05) is 0 Å². The third kappa shape index (κ3) is 2.66. The molecular formula is C12H16N2OS2. The van der Waals surface area contributed by atoms with Crippen molar-refractivity contribution in [3.63, 3.8) is 0 Å². The van der Waals surface area contributed by atoms with Gasteiger partial charge in [0.1, 0.15) is 5.75 Å². The average molecular weight is 268 g/mol. The van der Waals surface area contributed by atoms with Gasteiger partial charge in [0, 0.05) is 12.6 Å². The number of aromatic nitrogens is 2. The Hall–Kier alpha value is -0.940. The van der Waals surface area contributed by atoms with E-state index in [1.165, 1.54) is 0 Å². The lowest BCUT2D eigenvalue weighted by Gasteiger charge is -2.04. The highest BCUT2D eigenvalue weighted by molar-refractivity contribution is 7.98. The SMILES string of the molecule is COc1ccc2c(c1)[nH]c(=S)n2CCCSC. The van der Waals surface area contributed by atoms with Crippen molar-refractivity contribution in [1.82, 2.24) is 9.55 Å². The quantitative estimate of drug-likeness (QED) is 0.665. The molecule has 1 N–H and O–H groups in total. The molecule has 0 bridgehead atoms. The van der Waals surface area contributed by atoms with E-state index in [1.807, 2.05) is 23.9 Å². The van der Waals surface area contributed by atoms with Gasteiger partial charge in [-0.3, -0.25) is 0 Å². The number of nitrogens with one attached hydrogen (secondary N) is 1. The van der Waals surface area contributed by atoms with Gasteiger partial charge in [0.15, 0.2) is 4.77 Å². The summed E-state index contributed by atoms with van der Waals surface area (Å²) in [5, 5.41) is 0. The second kappa shape index (κ2) is 5.60. The van der Waals surface area contributed by atoms with E-state index in [1.54, 1.807) is 7.11 Å². The van der Waals surface area contributed by atoms with E-state index in [9.17, 15) is 0 Å². The van der Waals surface area contributed by atoms with E-state index in [0.29, 0.717) is 0 Å². The lowest BCUT2D eigenvalue weighted by atomic mass is 10.3. The van der Waals surface area contributed by atoms with Crippen LogP contribution in [0.4, 0.5) is 0 Å². The average Bonchev–Trinajstić information content (AvgIpc) is 2.65. The number of aryl methyl sites for hydroxylation is 1. The largest absolute Gasteiger partial charge is 0.497 e. The van der Waals surface area contributed by atoms with Crippen LogP contribution in [0.25, 0.3) is 11.0 Å². The molecule has 5 heteroatoms. The van der Waals surface area contributed by atoms with Crippen LogP contribution in [0.1, 0.15) is 6.42 Å². The number of hydrogen-bond acceptors (Lipinski definition) is 3. The van der Waals surface area contributed by atoms with Gasteiger partial charge in [-0.15, -0.1) is 0 Å². The predicted octanol–water partition coefficient (Wildman–Crippen LogP) is 3.46. The van der Waals surface area contributed by atoms with Crippen LogP contribution in [0.5, 0.6) is 5.75 Å². The predicted molar refractivity (Wildman–Crippen MR) is 76.7 cm³/mol. The molecule has 1 heterocycles. The minimum atomic E-state index is 0.786. The summed E-state index contributed by atoms with van der Waals surface area (Å²) in [5.74, 6) is 2.01. The van der Waals surface area contributed by atoms with Crippen LogP contribution in [0.2, 0.25) is 0 Å². The van der Waals surface area contributed by atoms with Crippen molar-refractivity contribution >= 4 is 35.0 Å². The zero-order valence-corrected chi connectivity index (χ0v) is 11.7. The van der Waals surface area contributed by atoms with Crippen LogP contribution < -0.4 is 4.74 Å². The second-order valence-corrected chi connectivity index (χ2v) is 5.18. The van der Waals surface area contributed by atoms with Crippen molar-refractivity contribution < 1.29 is 4.74 Å². The van der Waals surface area contributed by atoms with Gasteiger partial charge < -0.3 is 14.3 Å². The van der Waals surface area contributed by atoms with Gasteiger partial charge in [0.2, 0.25) is 0 Å². The van der Waals surface area contributed by atoms with Crippen molar-refractivity contribution in [2.75, 3.05) is 19.1 Å². The molecule has 1 aromatic carbocycles. The number of hydrogen-bond donors (Lipinski definition) is 1. The molecule has 3 nitrogen and oxygen atoms in total. The molecule has 1 aromatic heterocycles. The first-order chi connectivity index (χ1) is 8.26. The highest BCUT2D eigenvalue weighted by Gasteiger charge is 2.05. The molecular weight excluding hydrogens is 252 g/mol. The van der Waals surface area contributed by atoms with Crippen molar-refractivity contribution in [2.45, 2.75) is 13.0 Å². The molecule has 0 unspecified atom stereocenters. The summed E-state index contributed by atoms with van der Waals surface area (Å²) in [6.07, 6.45) is 3.26. The fourth-order valence-corrected chi connectivity index (χ4v) is 2.58. The van der Waals surface area contributed by atoms with E-state index in [0.717, 1.165) is 40.3 Å². The maximum Gasteiger partial charge on any atom is 0.178 e. The summed E-state index contributed by atoms with van der Waals surface area (Å²) in [4.78, 5) is 3.22. The molecule has 0 saturated carbocycles. The molecule has 17 heavy (non-hydrogen) atoms. The van der Waals surface area contributed by atoms with Gasteiger partial charge in [0.05, 0.1) is 18.1 Å². The minimum Gasteiger partial charge on any atom is -0.497 e. The first kappa shape index (κ1) is 12.5. The number of nitrogens with zero attached hydrogens (tertiary/aromatic N) is 1. The molecule has 0 atom stereocenters. The van der Waals surface area contributed by atoms with Crippen molar-refractivity contribution in [3.05, 3.63) is 23.0 Å². The van der Waals surface area contributed by atoms with Gasteiger partial charge in [-0.2, -0.15) is 11.8 Å². The molecule has 0 amide bonds. The van der Waals surface area contributed by atoms with Crippen LogP contribution in [0.15, 0.2) is 18.2 Å². The Labute approximate surface area is 110 Å². The lowest BCUT2D eigenvalue weighted by Crippen LogP contribution is -1.98. The summed E-state index contributed by atoms with van der Waals surface area (Å²) in [6.45, 7) is 0.964. The lowest BCUT2D eigenvalue weighted by molar-refractivity contribution is 0.415. The highest BCUT2D eigenvalue weighted by atomic mass is 32.2. The van der Waals surface area contributed by atoms with Crippen LogP contribution in [-0.4, -0.2) is 28.7 Å². The van der Waals surface area contributed by atoms with Gasteiger partial charge in [-0.25, -0.2) is 0 Å². The number of aromatic amines is 1. The highest BCUT2D eigenvalue weighted by Crippen LogP contribution is 2.20. The van der Waals surface area contributed by atoms with Crippen molar-refractivity contribution in [2.24, 2.45) is 0 Å². The Balaban J connectivity index is 2.35. The molecule has 0 aliphatic rings. The van der Waals surface area contributed by atoms with Crippen molar-refractivity contribution in [1.29, 1.82) is 0 Å². The van der Waals surface area contributed by atoms with Gasteiger partial charge >= 0.3 is 0 Å². The summed E-state index contributed by atoms with van der Waals surface area (Å²) >= 11 is 7.21. The molecule has 92 valence electrons. The first-order valence-electron chi connectivity index (χ1n) is 5.51. The number of fused-ring (bicyclic) bond motifs is 1. The monoisotopic (exact) mass is 268 g/mol. The smallest absolute Gasteiger partial charge is 0.178 e. The van der Waals surface area contributed by atoms with E-state index >= 15 is 0 Å². The number of methoxy groups -OCH3 is 1. The molecule has 0 aliphatic heterocycles. The van der Waals surface area contributed by atoms with Crippen LogP contribution in [-0.2, 0) is 6.54 Å². The molecule has 0 spiro atoms. The van der Waals surface area contributed by atoms with Crippen molar-refractivity contribution in [3.8, 4) is 5.75 Å². The van der Waals surface area contributed by atoms with Crippen LogP contribution in [0.3, 0.4) is 0 Å². The first-order valence-corrected chi connectivity index (χ1v) is 7.32. The Kier molecular flexibility index (Phi) is 4.12. The fourth-order valence-electron chi connectivity index (χ4n) is 1.86. The third-order valence-electron chi connectivity index (χ3n) is 2.71. The topological polar surface area (TPSA) is 29.9 Å². The van der Waals surface area contributed by atoms with Crippen LogP contribution >= 0.6 is 24.0 Å². The number of rotatable bonds is 5. The fraction of sp³-hybridized carbons (Fsp3) is 0.417. The molecule has 2 rings (SSSR count). The second-order valence-electron chi connectivity index (χ2n) is 3.81. The number of H-pyrrole nitrogens is 1. The van der Waals surface area contributed by atoms with E-state index < -0.39 is 0 Å². The third-order valence-corrected chi connectivity index (χ3v) is 3.73. The Morgan fingerprint density at radius 3 is 3.00 bits per heavy atom. The minimum absolute atomic E-state index is 0.786. The Morgan fingerprint density at radius 1 is 1.47 bits per heavy atom. The van der Waals surface area contributed by atoms with Gasteiger partial charge in [-0.05, 0) is 42.8 Å². The van der Waals surface area contributed by atoms with Gasteiger partial charge in [0.25, 0.3) is 0 Å².